The fourth-order valence-electron chi connectivity index (χ4n) is 0.974. The molecule has 0 aromatic rings. The molecule has 0 atom stereocenters. The van der Waals surface area contributed by atoms with E-state index in [1.54, 1.807) is 0 Å². The summed E-state index contributed by atoms with van der Waals surface area (Å²) in [6, 6.07) is 0. The molecule has 0 aromatic heterocycles. The SMILES string of the molecule is O=C1C=CC(=O)N1CCOCCS. The van der Waals surface area contributed by atoms with Crippen LogP contribution in [0, 0.1) is 0 Å². The lowest BCUT2D eigenvalue weighted by Crippen LogP contribution is -2.33. The third-order valence-electron chi connectivity index (χ3n) is 1.60. The zero-order valence-electron chi connectivity index (χ0n) is 7.10. The van der Waals surface area contributed by atoms with Crippen molar-refractivity contribution >= 4 is 24.4 Å². The maximum Gasteiger partial charge on any atom is 0.253 e. The van der Waals surface area contributed by atoms with Gasteiger partial charge in [-0.05, 0) is 0 Å². The van der Waals surface area contributed by atoms with E-state index < -0.39 is 0 Å². The van der Waals surface area contributed by atoms with Crippen LogP contribution < -0.4 is 0 Å². The number of thiol groups is 1. The van der Waals surface area contributed by atoms with Crippen molar-refractivity contribution in [1.29, 1.82) is 0 Å². The van der Waals surface area contributed by atoms with Gasteiger partial charge < -0.3 is 4.74 Å². The first-order valence-corrected chi connectivity index (χ1v) is 4.61. The average Bonchev–Trinajstić information content (AvgIpc) is 2.42. The Morgan fingerprint density at radius 1 is 1.23 bits per heavy atom. The molecule has 0 saturated carbocycles. The summed E-state index contributed by atoms with van der Waals surface area (Å²) >= 11 is 3.95. The monoisotopic (exact) mass is 201 g/mol. The normalized spacial score (nSPS) is 15.9. The Labute approximate surface area is 81.9 Å². The molecule has 0 aliphatic carbocycles. The molecule has 0 N–H and O–H groups in total. The molecule has 0 saturated heterocycles. The highest BCUT2D eigenvalue weighted by atomic mass is 32.1. The molecule has 1 rings (SSSR count). The quantitative estimate of drug-likeness (QED) is 0.382. The molecule has 0 spiro atoms. The molecule has 2 amide bonds. The van der Waals surface area contributed by atoms with E-state index in [4.69, 9.17) is 4.74 Å². The minimum absolute atomic E-state index is 0.264. The van der Waals surface area contributed by atoms with Crippen molar-refractivity contribution in [1.82, 2.24) is 4.90 Å². The van der Waals surface area contributed by atoms with Gasteiger partial charge in [-0.15, -0.1) is 0 Å². The molecule has 1 heterocycles. The van der Waals surface area contributed by atoms with Crippen molar-refractivity contribution in [3.63, 3.8) is 0 Å². The van der Waals surface area contributed by atoms with E-state index >= 15 is 0 Å². The summed E-state index contributed by atoms with van der Waals surface area (Å²) in [7, 11) is 0. The van der Waals surface area contributed by atoms with Crippen molar-refractivity contribution in [3.8, 4) is 0 Å². The predicted molar refractivity (Wildman–Crippen MR) is 50.5 cm³/mol. The number of carbonyl (C=O) groups is 2. The van der Waals surface area contributed by atoms with Gasteiger partial charge in [-0.2, -0.15) is 12.6 Å². The van der Waals surface area contributed by atoms with Crippen molar-refractivity contribution in [2.24, 2.45) is 0 Å². The van der Waals surface area contributed by atoms with Crippen LogP contribution in [0.4, 0.5) is 0 Å². The van der Waals surface area contributed by atoms with Gasteiger partial charge in [0.05, 0.1) is 19.8 Å². The summed E-state index contributed by atoms with van der Waals surface area (Å²) in [5.41, 5.74) is 0. The minimum Gasteiger partial charge on any atom is -0.379 e. The largest absolute Gasteiger partial charge is 0.379 e. The van der Waals surface area contributed by atoms with E-state index in [2.05, 4.69) is 12.6 Å². The summed E-state index contributed by atoms with van der Waals surface area (Å²) in [6.45, 7) is 1.23. The lowest BCUT2D eigenvalue weighted by Gasteiger charge is -2.12. The minimum atomic E-state index is -0.264. The summed E-state index contributed by atoms with van der Waals surface area (Å²) in [5, 5.41) is 0. The highest BCUT2D eigenvalue weighted by molar-refractivity contribution is 7.80. The Kier molecular flexibility index (Phi) is 3.98. The van der Waals surface area contributed by atoms with E-state index in [1.807, 2.05) is 0 Å². The zero-order valence-corrected chi connectivity index (χ0v) is 8.00. The fraction of sp³-hybridized carbons (Fsp3) is 0.500. The highest BCUT2D eigenvalue weighted by Gasteiger charge is 2.22. The number of nitrogens with zero attached hydrogens (tertiary/aromatic N) is 1. The van der Waals surface area contributed by atoms with Gasteiger partial charge in [0.15, 0.2) is 0 Å². The van der Waals surface area contributed by atoms with Crippen LogP contribution >= 0.6 is 12.6 Å². The molecule has 0 bridgehead atoms. The van der Waals surface area contributed by atoms with Crippen LogP contribution in [-0.4, -0.2) is 42.2 Å². The molecule has 0 unspecified atom stereocenters. The van der Waals surface area contributed by atoms with E-state index in [0.29, 0.717) is 25.5 Å². The first-order chi connectivity index (χ1) is 6.25. The Balaban J connectivity index is 2.22. The van der Waals surface area contributed by atoms with Gasteiger partial charge in [-0.1, -0.05) is 0 Å². The highest BCUT2D eigenvalue weighted by Crippen LogP contribution is 2.02. The number of ether oxygens (including phenoxy) is 1. The maximum absolute atomic E-state index is 11.0. The van der Waals surface area contributed by atoms with Gasteiger partial charge in [0.1, 0.15) is 0 Å². The van der Waals surface area contributed by atoms with Gasteiger partial charge in [-0.25, -0.2) is 0 Å². The van der Waals surface area contributed by atoms with Crippen molar-refractivity contribution < 1.29 is 14.3 Å². The molecular weight excluding hydrogens is 190 g/mol. The van der Waals surface area contributed by atoms with Gasteiger partial charge in [-0.3, -0.25) is 14.5 Å². The zero-order chi connectivity index (χ0) is 9.68. The lowest BCUT2D eigenvalue weighted by atomic mass is 10.5. The topological polar surface area (TPSA) is 46.6 Å². The first kappa shape index (κ1) is 10.3. The predicted octanol–water partition coefficient (Wildman–Crippen LogP) is -0.142. The van der Waals surface area contributed by atoms with E-state index in [-0.39, 0.29) is 11.8 Å². The summed E-state index contributed by atoms with van der Waals surface area (Å²) < 4.78 is 5.09. The molecule has 0 aromatic carbocycles. The van der Waals surface area contributed by atoms with Crippen molar-refractivity contribution in [2.45, 2.75) is 0 Å². The summed E-state index contributed by atoms with van der Waals surface area (Å²) in [6.07, 6.45) is 2.53. The number of rotatable bonds is 5. The summed E-state index contributed by atoms with van der Waals surface area (Å²) in [5.74, 6) is 0.110. The van der Waals surface area contributed by atoms with Gasteiger partial charge in [0.2, 0.25) is 0 Å². The lowest BCUT2D eigenvalue weighted by molar-refractivity contribution is -0.137. The second-order valence-corrected chi connectivity index (χ2v) is 2.94. The van der Waals surface area contributed by atoms with E-state index in [9.17, 15) is 9.59 Å². The number of imide groups is 1. The second-order valence-electron chi connectivity index (χ2n) is 2.50. The van der Waals surface area contributed by atoms with Crippen LogP contribution in [0.15, 0.2) is 12.2 Å². The molecule has 1 aliphatic rings. The summed E-state index contributed by atoms with van der Waals surface area (Å²) in [4.78, 5) is 23.1. The van der Waals surface area contributed by atoms with Crippen LogP contribution in [0.3, 0.4) is 0 Å². The van der Waals surface area contributed by atoms with Gasteiger partial charge >= 0.3 is 0 Å². The van der Waals surface area contributed by atoms with Gasteiger partial charge in [0.25, 0.3) is 11.8 Å². The Morgan fingerprint density at radius 3 is 2.38 bits per heavy atom. The number of amides is 2. The standard InChI is InChI=1S/C8H11NO3S/c10-7-1-2-8(11)9(7)3-4-12-5-6-13/h1-2,13H,3-6H2. The molecule has 5 heteroatoms. The molecular formula is C8H11NO3S. The molecule has 13 heavy (non-hydrogen) atoms. The van der Waals surface area contributed by atoms with E-state index in [0.717, 1.165) is 4.90 Å². The van der Waals surface area contributed by atoms with Crippen LogP contribution in [-0.2, 0) is 14.3 Å². The van der Waals surface area contributed by atoms with Crippen LogP contribution in [0.1, 0.15) is 0 Å². The van der Waals surface area contributed by atoms with Crippen LogP contribution in [0.5, 0.6) is 0 Å². The molecule has 1 aliphatic heterocycles. The second kappa shape index (κ2) is 5.04. The Hall–Kier alpha value is -0.810. The van der Waals surface area contributed by atoms with Crippen molar-refractivity contribution in [3.05, 3.63) is 12.2 Å². The molecule has 0 fully saturated rings. The van der Waals surface area contributed by atoms with Crippen LogP contribution in [0.2, 0.25) is 0 Å². The van der Waals surface area contributed by atoms with Crippen molar-refractivity contribution in [2.75, 3.05) is 25.5 Å². The van der Waals surface area contributed by atoms with Gasteiger partial charge in [0, 0.05) is 17.9 Å². The van der Waals surface area contributed by atoms with E-state index in [1.165, 1.54) is 12.2 Å². The fourth-order valence-corrected chi connectivity index (χ4v) is 1.10. The smallest absolute Gasteiger partial charge is 0.253 e. The Bertz CT molecular complexity index is 222. The first-order valence-electron chi connectivity index (χ1n) is 3.98. The van der Waals surface area contributed by atoms with Crippen LogP contribution in [0.25, 0.3) is 0 Å². The maximum atomic E-state index is 11.0. The molecule has 72 valence electrons. The third-order valence-corrected chi connectivity index (χ3v) is 1.78. The third kappa shape index (κ3) is 2.86. The number of carbonyl (C=O) groups excluding carboxylic acids is 2. The average molecular weight is 201 g/mol. The number of hydrogen-bond acceptors (Lipinski definition) is 4. The number of hydrogen-bond donors (Lipinski definition) is 1. The Morgan fingerprint density at radius 2 is 1.85 bits per heavy atom. The molecule has 4 nitrogen and oxygen atoms in total. The molecule has 0 radical (unpaired) electrons.